The monoisotopic (exact) mass is 316 g/mol. The molecule has 2 aliphatic heterocycles. The molecule has 0 amide bonds. The van der Waals surface area contributed by atoms with E-state index in [9.17, 15) is 0 Å². The van der Waals surface area contributed by atoms with E-state index in [0.717, 1.165) is 13.0 Å². The van der Waals surface area contributed by atoms with Crippen molar-refractivity contribution in [2.75, 3.05) is 13.6 Å². The molecule has 2 aromatic carbocycles. The van der Waals surface area contributed by atoms with Crippen molar-refractivity contribution in [2.45, 2.75) is 37.8 Å². The van der Waals surface area contributed by atoms with Crippen LogP contribution in [0.4, 0.5) is 0 Å². The average Bonchev–Trinajstić information content (AvgIpc) is 2.97. The summed E-state index contributed by atoms with van der Waals surface area (Å²) in [5, 5.41) is 1.49. The molecule has 1 aromatic heterocycles. The molecule has 2 nitrogen and oxygen atoms in total. The van der Waals surface area contributed by atoms with Crippen LogP contribution in [0.15, 0.2) is 54.6 Å². The fourth-order valence-corrected chi connectivity index (χ4v) is 5.00. The van der Waals surface area contributed by atoms with Crippen LogP contribution in [-0.2, 0) is 13.0 Å². The molecule has 2 heteroatoms. The lowest BCUT2D eigenvalue weighted by Crippen LogP contribution is -2.40. The number of likely N-dealkylation sites (N-methyl/N-ethyl adjacent to an activating group) is 1. The van der Waals surface area contributed by atoms with E-state index in [1.54, 1.807) is 11.3 Å². The molecule has 3 aromatic rings. The van der Waals surface area contributed by atoms with Crippen molar-refractivity contribution in [3.05, 3.63) is 71.4 Å². The van der Waals surface area contributed by atoms with Gasteiger partial charge in [-0.25, -0.2) is 0 Å². The third-order valence-corrected chi connectivity index (χ3v) is 6.07. The van der Waals surface area contributed by atoms with Gasteiger partial charge in [0.15, 0.2) is 0 Å². The van der Waals surface area contributed by atoms with Gasteiger partial charge in [-0.2, -0.15) is 0 Å². The Hall–Kier alpha value is -2.06. The lowest BCUT2D eigenvalue weighted by Gasteiger charge is -2.44. The van der Waals surface area contributed by atoms with Crippen molar-refractivity contribution in [3.63, 3.8) is 0 Å². The first-order chi connectivity index (χ1) is 11.8. The number of piperidine rings is 1. The zero-order valence-corrected chi connectivity index (χ0v) is 14.3. The molecule has 24 heavy (non-hydrogen) atoms. The minimum Gasteiger partial charge on any atom is -0.344 e. The summed E-state index contributed by atoms with van der Waals surface area (Å²) in [5.74, 6) is 0.707. The van der Waals surface area contributed by atoms with Gasteiger partial charge in [0.25, 0.3) is 0 Å². The highest BCUT2D eigenvalue weighted by Crippen LogP contribution is 2.50. The Morgan fingerprint density at radius 3 is 2.58 bits per heavy atom. The van der Waals surface area contributed by atoms with Crippen molar-refractivity contribution >= 4 is 10.9 Å². The van der Waals surface area contributed by atoms with Gasteiger partial charge in [0.1, 0.15) is 0 Å². The number of nitrogens with zero attached hydrogens (tertiary/aromatic N) is 2. The predicted octanol–water partition coefficient (Wildman–Crippen LogP) is 4.75. The van der Waals surface area contributed by atoms with Crippen molar-refractivity contribution in [2.24, 2.45) is 0 Å². The van der Waals surface area contributed by atoms with Gasteiger partial charge in [-0.05, 0) is 43.5 Å². The van der Waals surface area contributed by atoms with Gasteiger partial charge in [-0.3, -0.25) is 4.90 Å². The molecular weight excluding hydrogens is 292 g/mol. The fraction of sp³-hybridized carbons (Fsp3) is 0.364. The summed E-state index contributed by atoms with van der Waals surface area (Å²) >= 11 is 0. The maximum atomic E-state index is 2.64. The van der Waals surface area contributed by atoms with Crippen LogP contribution in [-0.4, -0.2) is 23.1 Å². The van der Waals surface area contributed by atoms with Gasteiger partial charge in [-0.15, -0.1) is 0 Å². The number of rotatable bonds is 3. The minimum atomic E-state index is 0.618. The second-order valence-electron chi connectivity index (χ2n) is 7.43. The van der Waals surface area contributed by atoms with E-state index in [-0.39, 0.29) is 0 Å². The molecule has 2 atom stereocenters. The van der Waals surface area contributed by atoms with Gasteiger partial charge in [0.2, 0.25) is 0 Å². The number of aromatic nitrogens is 1. The first kappa shape index (κ1) is 14.3. The fourth-order valence-electron chi connectivity index (χ4n) is 5.00. The Kier molecular flexibility index (Phi) is 3.27. The number of aryl methyl sites for hydroxylation is 2. The van der Waals surface area contributed by atoms with Gasteiger partial charge < -0.3 is 4.57 Å². The molecule has 2 unspecified atom stereocenters. The molecule has 1 fully saturated rings. The zero-order valence-electron chi connectivity index (χ0n) is 14.3. The van der Waals surface area contributed by atoms with E-state index in [0.29, 0.717) is 12.0 Å². The molecule has 1 aliphatic carbocycles. The normalized spacial score (nSPS) is 22.9. The van der Waals surface area contributed by atoms with Crippen LogP contribution in [0.3, 0.4) is 0 Å². The number of fused-ring (bicyclic) bond motifs is 3. The number of benzene rings is 2. The maximum Gasteiger partial charge on any atom is 0.0486 e. The Morgan fingerprint density at radius 1 is 0.958 bits per heavy atom. The molecule has 3 aliphatic rings. The molecule has 0 spiro atoms. The molecule has 122 valence electrons. The van der Waals surface area contributed by atoms with Crippen LogP contribution < -0.4 is 0 Å². The number of hydrogen-bond acceptors (Lipinski definition) is 1. The summed E-state index contributed by atoms with van der Waals surface area (Å²) in [6.45, 7) is 2.31. The number of para-hydroxylation sites is 1. The van der Waals surface area contributed by atoms with E-state index in [1.165, 1.54) is 35.9 Å². The summed E-state index contributed by atoms with van der Waals surface area (Å²) in [7, 11) is 2.30. The second kappa shape index (κ2) is 5.49. The summed E-state index contributed by atoms with van der Waals surface area (Å²) < 4.78 is 2.64. The Morgan fingerprint density at radius 2 is 1.75 bits per heavy atom. The van der Waals surface area contributed by atoms with E-state index in [2.05, 4.69) is 71.1 Å². The largest absolute Gasteiger partial charge is 0.344 e. The number of hydrogen-bond donors (Lipinski definition) is 0. The highest BCUT2D eigenvalue weighted by molar-refractivity contribution is 5.87. The summed E-state index contributed by atoms with van der Waals surface area (Å²) in [6.07, 6.45) is 3.78. The van der Waals surface area contributed by atoms with E-state index < -0.39 is 0 Å². The van der Waals surface area contributed by atoms with Crippen LogP contribution in [0, 0.1) is 0 Å². The van der Waals surface area contributed by atoms with Crippen molar-refractivity contribution in [1.82, 2.24) is 9.47 Å². The van der Waals surface area contributed by atoms with Crippen LogP contribution in [0.1, 0.15) is 41.6 Å². The molecule has 0 saturated carbocycles. The highest BCUT2D eigenvalue weighted by Gasteiger charge is 2.40. The van der Waals surface area contributed by atoms with E-state index in [1.807, 2.05) is 0 Å². The zero-order chi connectivity index (χ0) is 16.1. The quantitative estimate of drug-likeness (QED) is 0.677. The lowest BCUT2D eigenvalue weighted by molar-refractivity contribution is 0.142. The Bertz CT molecular complexity index is 878. The average molecular weight is 316 g/mol. The first-order valence-corrected chi connectivity index (χ1v) is 9.18. The van der Waals surface area contributed by atoms with Gasteiger partial charge in [0, 0.05) is 41.6 Å². The SMILES string of the molecule is CN1CC2CCC1c1c2n(CCc2ccccc2)c2ccccc12. The molecule has 1 saturated heterocycles. The summed E-state index contributed by atoms with van der Waals surface area (Å²) in [6, 6.07) is 20.6. The minimum absolute atomic E-state index is 0.618. The molecule has 0 radical (unpaired) electrons. The molecule has 3 heterocycles. The van der Waals surface area contributed by atoms with Crippen molar-refractivity contribution in [3.8, 4) is 0 Å². The maximum absolute atomic E-state index is 2.64. The second-order valence-corrected chi connectivity index (χ2v) is 7.43. The summed E-state index contributed by atoms with van der Waals surface area (Å²) in [5.41, 5.74) is 6.14. The molecular formula is C22H24N2. The first-order valence-electron chi connectivity index (χ1n) is 9.18. The lowest BCUT2D eigenvalue weighted by atomic mass is 9.78. The predicted molar refractivity (Wildman–Crippen MR) is 99.4 cm³/mol. The third kappa shape index (κ3) is 2.06. The Balaban J connectivity index is 1.63. The third-order valence-electron chi connectivity index (χ3n) is 6.07. The van der Waals surface area contributed by atoms with Crippen molar-refractivity contribution < 1.29 is 0 Å². The van der Waals surface area contributed by atoms with Crippen LogP contribution in [0.2, 0.25) is 0 Å². The van der Waals surface area contributed by atoms with Crippen LogP contribution >= 0.6 is 0 Å². The van der Waals surface area contributed by atoms with Crippen molar-refractivity contribution in [1.29, 1.82) is 0 Å². The van der Waals surface area contributed by atoms with E-state index in [4.69, 9.17) is 0 Å². The van der Waals surface area contributed by atoms with E-state index >= 15 is 0 Å². The molecule has 2 bridgehead atoms. The molecule has 0 N–H and O–H groups in total. The molecule has 6 rings (SSSR count). The van der Waals surface area contributed by atoms with Crippen LogP contribution in [0.25, 0.3) is 10.9 Å². The topological polar surface area (TPSA) is 8.17 Å². The van der Waals surface area contributed by atoms with Gasteiger partial charge >= 0.3 is 0 Å². The van der Waals surface area contributed by atoms with Gasteiger partial charge in [-0.1, -0.05) is 48.5 Å². The smallest absolute Gasteiger partial charge is 0.0486 e. The Labute approximate surface area is 143 Å². The highest BCUT2D eigenvalue weighted by atomic mass is 15.2. The summed E-state index contributed by atoms with van der Waals surface area (Å²) in [4.78, 5) is 2.57. The van der Waals surface area contributed by atoms with Gasteiger partial charge in [0.05, 0.1) is 0 Å². The van der Waals surface area contributed by atoms with Crippen LogP contribution in [0.5, 0.6) is 0 Å². The standard InChI is InChI=1S/C22H24N2/c1-23-15-17-11-12-20(23)21-18-9-5-6-10-19(18)24(22(17)21)14-13-16-7-3-2-4-8-16/h2-10,17,20H,11-15H2,1H3.